The number of carboxylic acids is 1. The summed E-state index contributed by atoms with van der Waals surface area (Å²) in [6, 6.07) is 11.1. The second kappa shape index (κ2) is 11.4. The lowest BCUT2D eigenvalue weighted by Crippen LogP contribution is -2.13. The largest absolute Gasteiger partial charge is 0.496 e. The average molecular weight is 523 g/mol. The van der Waals surface area contributed by atoms with E-state index in [1.165, 1.54) is 24.1 Å². The van der Waals surface area contributed by atoms with Crippen molar-refractivity contribution in [3.05, 3.63) is 60.1 Å². The summed E-state index contributed by atoms with van der Waals surface area (Å²) < 4.78 is 46.2. The summed E-state index contributed by atoms with van der Waals surface area (Å²) >= 11 is 0. The Balaban J connectivity index is 1.54. The van der Waals surface area contributed by atoms with Crippen LogP contribution in [0.15, 0.2) is 42.7 Å². The molecule has 38 heavy (non-hydrogen) atoms. The maximum atomic E-state index is 14.7. The predicted octanol–water partition coefficient (Wildman–Crippen LogP) is 4.23. The van der Waals surface area contributed by atoms with E-state index in [0.717, 1.165) is 6.07 Å². The van der Waals surface area contributed by atoms with Crippen LogP contribution in [0.3, 0.4) is 0 Å². The van der Waals surface area contributed by atoms with Gasteiger partial charge in [0.15, 0.2) is 29.7 Å². The molecule has 0 unspecified atom stereocenters. The van der Waals surface area contributed by atoms with Crippen LogP contribution >= 0.6 is 0 Å². The number of halogens is 2. The fraction of sp³-hybridized carbons (Fsp3) is 0.231. The van der Waals surface area contributed by atoms with E-state index in [9.17, 15) is 18.8 Å². The molecule has 2 N–H and O–H groups in total. The minimum absolute atomic E-state index is 0.0581. The Labute approximate surface area is 216 Å². The van der Waals surface area contributed by atoms with Crippen LogP contribution in [0.4, 0.5) is 14.6 Å². The second-order valence-electron chi connectivity index (χ2n) is 7.92. The van der Waals surface area contributed by atoms with Crippen molar-refractivity contribution in [1.29, 1.82) is 5.26 Å². The molecular weight excluding hydrogens is 500 g/mol. The highest BCUT2D eigenvalue weighted by Gasteiger charge is 2.20. The standard InChI is InChI=1S/C26H23F2N5O5/c1-3-37-22-8-15(4-5-20(22)38-13-24(34)35)19-11-23(32-14-31-19)30-6-7-33-16(12-29)9-17-21(36-2)10-18(27)25(28)26(17)33/h4-5,8-11,14H,3,6-7,13H2,1-2H3,(H,34,35)(H,30,31,32). The van der Waals surface area contributed by atoms with Crippen molar-refractivity contribution in [2.75, 3.05) is 32.2 Å². The molecule has 0 saturated carbocycles. The van der Waals surface area contributed by atoms with Crippen LogP contribution in [0.2, 0.25) is 0 Å². The fourth-order valence-electron chi connectivity index (χ4n) is 3.94. The van der Waals surface area contributed by atoms with Crippen LogP contribution in [-0.2, 0) is 11.3 Å². The Hall–Kier alpha value is -4.92. The van der Waals surface area contributed by atoms with Gasteiger partial charge >= 0.3 is 5.97 Å². The molecule has 0 bridgehead atoms. The van der Waals surface area contributed by atoms with E-state index >= 15 is 0 Å². The molecule has 0 atom stereocenters. The van der Waals surface area contributed by atoms with Crippen molar-refractivity contribution >= 4 is 22.7 Å². The summed E-state index contributed by atoms with van der Waals surface area (Å²) in [6.07, 6.45) is 1.36. The Morgan fingerprint density at radius 2 is 1.95 bits per heavy atom. The molecule has 2 aromatic heterocycles. The fourth-order valence-corrected chi connectivity index (χ4v) is 3.94. The van der Waals surface area contributed by atoms with E-state index in [1.807, 2.05) is 6.07 Å². The molecule has 0 spiro atoms. The van der Waals surface area contributed by atoms with Crippen LogP contribution in [0, 0.1) is 23.0 Å². The maximum absolute atomic E-state index is 14.7. The van der Waals surface area contributed by atoms with Gasteiger partial charge in [-0.3, -0.25) is 0 Å². The van der Waals surface area contributed by atoms with Gasteiger partial charge in [0, 0.05) is 36.2 Å². The molecule has 2 aromatic carbocycles. The van der Waals surface area contributed by atoms with Crippen LogP contribution in [-0.4, -0.2) is 52.5 Å². The third-order valence-electron chi connectivity index (χ3n) is 5.57. The van der Waals surface area contributed by atoms with E-state index in [0.29, 0.717) is 34.8 Å². The summed E-state index contributed by atoms with van der Waals surface area (Å²) in [6.45, 7) is 2.01. The van der Waals surface area contributed by atoms with E-state index in [2.05, 4.69) is 15.3 Å². The topological polar surface area (TPSA) is 132 Å². The zero-order chi connectivity index (χ0) is 27.2. The molecular formula is C26H23F2N5O5. The summed E-state index contributed by atoms with van der Waals surface area (Å²) in [4.78, 5) is 19.3. The highest BCUT2D eigenvalue weighted by atomic mass is 19.2. The number of carboxylic acid groups (broad SMARTS) is 1. The van der Waals surface area contributed by atoms with Gasteiger partial charge < -0.3 is 29.2 Å². The molecule has 0 aliphatic rings. The smallest absolute Gasteiger partial charge is 0.341 e. The van der Waals surface area contributed by atoms with Gasteiger partial charge in [0.05, 0.1) is 24.9 Å². The number of aliphatic carboxylic acids is 1. The minimum Gasteiger partial charge on any atom is -0.496 e. The molecule has 0 aliphatic heterocycles. The number of hydrogen-bond acceptors (Lipinski definition) is 8. The van der Waals surface area contributed by atoms with Crippen molar-refractivity contribution in [2.45, 2.75) is 13.5 Å². The lowest BCUT2D eigenvalue weighted by atomic mass is 10.1. The molecule has 0 aliphatic carbocycles. The van der Waals surface area contributed by atoms with Gasteiger partial charge in [-0.1, -0.05) is 0 Å². The molecule has 4 rings (SSSR count). The number of fused-ring (bicyclic) bond motifs is 1. The van der Waals surface area contributed by atoms with Crippen molar-refractivity contribution < 1.29 is 32.9 Å². The highest BCUT2D eigenvalue weighted by Crippen LogP contribution is 2.34. The molecule has 4 aromatic rings. The molecule has 0 amide bonds. The Morgan fingerprint density at radius 1 is 1.13 bits per heavy atom. The second-order valence-corrected chi connectivity index (χ2v) is 7.92. The number of nitrogens with one attached hydrogen (secondary N) is 1. The molecule has 0 radical (unpaired) electrons. The molecule has 0 fully saturated rings. The first-order chi connectivity index (χ1) is 18.4. The van der Waals surface area contributed by atoms with Gasteiger partial charge in [-0.15, -0.1) is 0 Å². The number of ether oxygens (including phenoxy) is 3. The lowest BCUT2D eigenvalue weighted by molar-refractivity contribution is -0.139. The van der Waals surface area contributed by atoms with Gasteiger partial charge in [0.2, 0.25) is 0 Å². The summed E-state index contributed by atoms with van der Waals surface area (Å²) in [5.74, 6) is -1.99. The van der Waals surface area contributed by atoms with Gasteiger partial charge in [0.1, 0.15) is 29.7 Å². The molecule has 12 heteroatoms. The number of carbonyl (C=O) groups is 1. The van der Waals surface area contributed by atoms with Crippen molar-refractivity contribution in [3.8, 4) is 34.6 Å². The Morgan fingerprint density at radius 3 is 2.66 bits per heavy atom. The first-order valence-electron chi connectivity index (χ1n) is 11.5. The number of nitrogens with zero attached hydrogens (tertiary/aromatic N) is 4. The summed E-state index contributed by atoms with van der Waals surface area (Å²) in [5.41, 5.74) is 1.32. The number of anilines is 1. The molecule has 196 valence electrons. The summed E-state index contributed by atoms with van der Waals surface area (Å²) in [5, 5.41) is 21.8. The first kappa shape index (κ1) is 26.2. The number of rotatable bonds is 11. The van der Waals surface area contributed by atoms with Crippen molar-refractivity contribution in [1.82, 2.24) is 14.5 Å². The van der Waals surface area contributed by atoms with Crippen LogP contribution < -0.4 is 19.5 Å². The SMILES string of the molecule is CCOc1cc(-c2cc(NCCn3c(C#N)cc4c(OC)cc(F)c(F)c43)ncn2)ccc1OCC(=O)O. The van der Waals surface area contributed by atoms with Crippen LogP contribution in [0.5, 0.6) is 17.2 Å². The van der Waals surface area contributed by atoms with Gasteiger partial charge in [-0.2, -0.15) is 5.26 Å². The van der Waals surface area contributed by atoms with Crippen molar-refractivity contribution in [2.24, 2.45) is 0 Å². The van der Waals surface area contributed by atoms with E-state index < -0.39 is 24.2 Å². The number of hydrogen-bond donors (Lipinski definition) is 2. The van der Waals surface area contributed by atoms with Gasteiger partial charge in [0.25, 0.3) is 0 Å². The zero-order valence-corrected chi connectivity index (χ0v) is 20.5. The molecule has 10 nitrogen and oxygen atoms in total. The van der Waals surface area contributed by atoms with Gasteiger partial charge in [-0.25, -0.2) is 23.5 Å². The monoisotopic (exact) mass is 523 g/mol. The summed E-state index contributed by atoms with van der Waals surface area (Å²) in [7, 11) is 1.34. The Bertz CT molecular complexity index is 1530. The Kier molecular flexibility index (Phi) is 7.86. The minimum atomic E-state index is -1.11. The number of nitriles is 1. The number of benzene rings is 2. The maximum Gasteiger partial charge on any atom is 0.341 e. The zero-order valence-electron chi connectivity index (χ0n) is 20.5. The van der Waals surface area contributed by atoms with Crippen LogP contribution in [0.25, 0.3) is 22.2 Å². The molecule has 2 heterocycles. The normalized spacial score (nSPS) is 10.7. The third-order valence-corrected chi connectivity index (χ3v) is 5.57. The number of methoxy groups -OCH3 is 1. The highest BCUT2D eigenvalue weighted by molar-refractivity contribution is 5.89. The van der Waals surface area contributed by atoms with E-state index in [1.54, 1.807) is 31.2 Å². The predicted molar refractivity (Wildman–Crippen MR) is 133 cm³/mol. The number of aromatic nitrogens is 3. The molecule has 0 saturated heterocycles. The van der Waals surface area contributed by atoms with Crippen molar-refractivity contribution in [3.63, 3.8) is 0 Å². The average Bonchev–Trinajstić information content (AvgIpc) is 3.29. The van der Waals surface area contributed by atoms with E-state index in [4.69, 9.17) is 19.3 Å². The van der Waals surface area contributed by atoms with E-state index in [-0.39, 0.29) is 35.8 Å². The quantitative estimate of drug-likeness (QED) is 0.296. The first-order valence-corrected chi connectivity index (χ1v) is 11.5. The lowest BCUT2D eigenvalue weighted by Gasteiger charge is -2.13. The third kappa shape index (κ3) is 5.41. The van der Waals surface area contributed by atoms with Gasteiger partial charge in [-0.05, 0) is 31.2 Å². The van der Waals surface area contributed by atoms with Crippen LogP contribution in [0.1, 0.15) is 12.6 Å².